The number of hydrogen-bond donors (Lipinski definition) is 1. The highest BCUT2D eigenvalue weighted by Crippen LogP contribution is 2.36. The quantitative estimate of drug-likeness (QED) is 0.0865. The molecule has 1 aliphatic heterocycles. The maximum atomic E-state index is 15.1. The summed E-state index contributed by atoms with van der Waals surface area (Å²) in [5.41, 5.74) is -1.77. The Hall–Kier alpha value is -6.52. The summed E-state index contributed by atoms with van der Waals surface area (Å²) in [6.45, 7) is -0.339. The van der Waals surface area contributed by atoms with Crippen LogP contribution >= 0.6 is 0 Å². The third-order valence-electron chi connectivity index (χ3n) is 10.7. The number of aromatic nitrogens is 4. The number of nitrogens with zero attached hydrogens (tertiary/aromatic N) is 8. The highest BCUT2D eigenvalue weighted by Gasteiger charge is 2.37. The fourth-order valence-electron chi connectivity index (χ4n) is 7.34. The van der Waals surface area contributed by atoms with Crippen LogP contribution in [0.2, 0.25) is 0 Å². The standard InChI is InChI=1S/C42H40F7N9O4/c43-34-13-8-26(20-32(34)38(60)56-18-16-55(17-19-56)37(59)27-9-10-27)21-35-30-6-2-3-7-31(30)39(61)58(54-35)15-5-1-4-14-51-40-53-52-36(62-40)24-57(25-41(44,45)46)29-12-11-28(23-50)33(22-29)42(47,48)49/h2-3,6-8,11-13,20,22,27H,1,4-5,9-10,14-19,21,24-25H2,(H,51,53). The van der Waals surface area contributed by atoms with E-state index in [1.54, 1.807) is 40.1 Å². The van der Waals surface area contributed by atoms with Crippen molar-refractivity contribution in [3.8, 4) is 6.07 Å². The maximum Gasteiger partial charge on any atom is 0.417 e. The van der Waals surface area contributed by atoms with E-state index in [0.717, 1.165) is 25.0 Å². The Morgan fingerprint density at radius 3 is 2.32 bits per heavy atom. The molecule has 0 atom stereocenters. The Morgan fingerprint density at radius 1 is 0.903 bits per heavy atom. The lowest BCUT2D eigenvalue weighted by Gasteiger charge is -2.35. The molecule has 1 saturated heterocycles. The van der Waals surface area contributed by atoms with E-state index in [-0.39, 0.29) is 47.8 Å². The van der Waals surface area contributed by atoms with Gasteiger partial charge in [0, 0.05) is 62.7 Å². The van der Waals surface area contributed by atoms with Gasteiger partial charge >= 0.3 is 18.4 Å². The van der Waals surface area contributed by atoms with Crippen molar-refractivity contribution in [2.45, 2.75) is 64.0 Å². The molecule has 13 nitrogen and oxygen atoms in total. The van der Waals surface area contributed by atoms with Crippen molar-refractivity contribution in [1.82, 2.24) is 29.8 Å². The molecule has 0 radical (unpaired) electrons. The number of rotatable bonds is 15. The molecule has 326 valence electrons. The first-order valence-corrected chi connectivity index (χ1v) is 19.9. The highest BCUT2D eigenvalue weighted by atomic mass is 19.4. The average molecular weight is 868 g/mol. The van der Waals surface area contributed by atoms with Gasteiger partial charge in [-0.1, -0.05) is 29.4 Å². The normalized spacial score (nSPS) is 14.5. The Balaban J connectivity index is 0.944. The van der Waals surface area contributed by atoms with Gasteiger partial charge in [0.15, 0.2) is 0 Å². The number of carbonyl (C=O) groups excluding carboxylic acids is 2. The predicted octanol–water partition coefficient (Wildman–Crippen LogP) is 6.95. The van der Waals surface area contributed by atoms with E-state index in [2.05, 4.69) is 20.6 Å². The molecule has 0 unspecified atom stereocenters. The van der Waals surface area contributed by atoms with Crippen molar-refractivity contribution in [3.63, 3.8) is 0 Å². The summed E-state index contributed by atoms with van der Waals surface area (Å²) in [4.78, 5) is 43.3. The zero-order valence-electron chi connectivity index (χ0n) is 33.1. The molecule has 0 bridgehead atoms. The molecule has 2 amide bonds. The highest BCUT2D eigenvalue weighted by molar-refractivity contribution is 5.95. The number of benzene rings is 3. The molecule has 5 aromatic rings. The van der Waals surface area contributed by atoms with E-state index in [0.29, 0.717) is 85.0 Å². The minimum atomic E-state index is -4.98. The molecule has 1 aliphatic carbocycles. The number of fused-ring (bicyclic) bond motifs is 1. The van der Waals surface area contributed by atoms with Crippen molar-refractivity contribution < 1.29 is 44.7 Å². The van der Waals surface area contributed by atoms with Gasteiger partial charge in [-0.25, -0.2) is 9.07 Å². The van der Waals surface area contributed by atoms with Gasteiger partial charge in [0.05, 0.1) is 40.4 Å². The second-order valence-electron chi connectivity index (χ2n) is 15.2. The third-order valence-corrected chi connectivity index (χ3v) is 10.7. The first-order valence-electron chi connectivity index (χ1n) is 19.9. The number of piperazine rings is 1. The van der Waals surface area contributed by atoms with E-state index in [1.165, 1.54) is 22.9 Å². The second kappa shape index (κ2) is 18.2. The van der Waals surface area contributed by atoms with Crippen molar-refractivity contribution in [1.29, 1.82) is 5.26 Å². The van der Waals surface area contributed by atoms with Crippen LogP contribution in [0.15, 0.2) is 69.9 Å². The second-order valence-corrected chi connectivity index (χ2v) is 15.2. The van der Waals surface area contributed by atoms with Crippen LogP contribution < -0.4 is 15.8 Å². The van der Waals surface area contributed by atoms with Crippen LogP contribution in [0.4, 0.5) is 42.4 Å². The molecule has 1 N–H and O–H groups in total. The van der Waals surface area contributed by atoms with Gasteiger partial charge in [-0.3, -0.25) is 14.4 Å². The molecular formula is C42H40F7N9O4. The van der Waals surface area contributed by atoms with Crippen molar-refractivity contribution in [2.24, 2.45) is 5.92 Å². The van der Waals surface area contributed by atoms with Crippen LogP contribution in [-0.4, -0.2) is 87.0 Å². The maximum absolute atomic E-state index is 15.1. The van der Waals surface area contributed by atoms with Gasteiger partial charge < -0.3 is 24.4 Å². The summed E-state index contributed by atoms with van der Waals surface area (Å²) < 4.78 is 103. The number of aryl methyl sites for hydroxylation is 1. The molecule has 2 aromatic heterocycles. The van der Waals surface area contributed by atoms with Crippen molar-refractivity contribution in [3.05, 3.63) is 111 Å². The van der Waals surface area contributed by atoms with E-state index >= 15 is 4.39 Å². The first kappa shape index (κ1) is 43.6. The average Bonchev–Trinajstić information content (AvgIpc) is 4.01. The number of halogens is 7. The zero-order chi connectivity index (χ0) is 44.2. The number of unbranched alkanes of at least 4 members (excludes halogenated alkanes) is 2. The SMILES string of the molecule is N#Cc1ccc(N(Cc2nnc(NCCCCCn3nc(Cc4ccc(F)c(C(=O)N5CCN(C(=O)C6CC6)CC5)c4)c4ccccc4c3=O)o2)CC(F)(F)F)cc1C(F)(F)F. The number of nitriles is 1. The molecule has 2 aliphatic rings. The lowest BCUT2D eigenvalue weighted by atomic mass is 10.0. The molecule has 3 heterocycles. The summed E-state index contributed by atoms with van der Waals surface area (Å²) >= 11 is 0. The summed E-state index contributed by atoms with van der Waals surface area (Å²) in [6, 6.07) is 14.8. The molecular weight excluding hydrogens is 828 g/mol. The van der Waals surface area contributed by atoms with Crippen LogP contribution in [0.5, 0.6) is 0 Å². The molecule has 20 heteroatoms. The molecule has 2 fully saturated rings. The number of anilines is 2. The van der Waals surface area contributed by atoms with Gasteiger partial charge in [-0.15, -0.1) is 5.10 Å². The van der Waals surface area contributed by atoms with Crippen LogP contribution in [0, 0.1) is 23.1 Å². The number of nitrogens with one attached hydrogen (secondary N) is 1. The monoisotopic (exact) mass is 867 g/mol. The van der Waals surface area contributed by atoms with E-state index < -0.39 is 54.0 Å². The van der Waals surface area contributed by atoms with Gasteiger partial charge in [0.2, 0.25) is 11.8 Å². The number of carbonyl (C=O) groups is 2. The lowest BCUT2D eigenvalue weighted by Crippen LogP contribution is -2.51. The molecule has 7 rings (SSSR count). The fraction of sp³-hybridized carbons (Fsp3) is 0.405. The molecule has 62 heavy (non-hydrogen) atoms. The predicted molar refractivity (Wildman–Crippen MR) is 210 cm³/mol. The van der Waals surface area contributed by atoms with Gasteiger partial charge in [-0.05, 0) is 74.1 Å². The number of alkyl halides is 6. The zero-order valence-corrected chi connectivity index (χ0v) is 33.1. The van der Waals surface area contributed by atoms with Gasteiger partial charge in [0.1, 0.15) is 12.4 Å². The Morgan fingerprint density at radius 2 is 1.63 bits per heavy atom. The van der Waals surface area contributed by atoms with Crippen molar-refractivity contribution in [2.75, 3.05) is 49.5 Å². The smallest absolute Gasteiger partial charge is 0.406 e. The summed E-state index contributed by atoms with van der Waals surface area (Å²) in [5.74, 6) is -1.23. The van der Waals surface area contributed by atoms with Gasteiger partial charge in [-0.2, -0.15) is 36.7 Å². The van der Waals surface area contributed by atoms with Crippen LogP contribution in [0.1, 0.15) is 70.7 Å². The minimum Gasteiger partial charge on any atom is -0.406 e. The van der Waals surface area contributed by atoms with Crippen LogP contribution in [-0.2, 0) is 30.5 Å². The van der Waals surface area contributed by atoms with Crippen LogP contribution in [0.3, 0.4) is 0 Å². The molecule has 1 saturated carbocycles. The summed E-state index contributed by atoms with van der Waals surface area (Å²) in [7, 11) is 0. The minimum absolute atomic E-state index is 0.0814. The summed E-state index contributed by atoms with van der Waals surface area (Å²) in [5, 5.41) is 25.2. The number of amides is 2. The summed E-state index contributed by atoms with van der Waals surface area (Å²) in [6.07, 6.45) is -6.13. The molecule has 3 aromatic carbocycles. The Kier molecular flexibility index (Phi) is 12.8. The van der Waals surface area contributed by atoms with E-state index in [1.807, 2.05) is 0 Å². The molecule has 0 spiro atoms. The van der Waals surface area contributed by atoms with E-state index in [4.69, 9.17) is 9.68 Å². The topological polar surface area (TPSA) is 153 Å². The number of hydrogen-bond acceptors (Lipinski definition) is 10. The van der Waals surface area contributed by atoms with Gasteiger partial charge in [0.25, 0.3) is 11.5 Å². The van der Waals surface area contributed by atoms with Crippen molar-refractivity contribution >= 4 is 34.3 Å². The Labute approximate surface area is 349 Å². The fourth-order valence-corrected chi connectivity index (χ4v) is 7.34. The lowest BCUT2D eigenvalue weighted by molar-refractivity contribution is -0.137. The van der Waals surface area contributed by atoms with Crippen LogP contribution in [0.25, 0.3) is 10.8 Å². The first-order chi connectivity index (χ1) is 29.6. The largest absolute Gasteiger partial charge is 0.417 e. The van der Waals surface area contributed by atoms with E-state index in [9.17, 15) is 40.7 Å². The third kappa shape index (κ3) is 10.5. The Bertz CT molecular complexity index is 2540.